The number of hydrogen-bond donors (Lipinski definition) is 3. The average Bonchev–Trinajstić information content (AvgIpc) is 3.28. The van der Waals surface area contributed by atoms with E-state index in [1.54, 1.807) is 43.0 Å². The van der Waals surface area contributed by atoms with E-state index in [0.29, 0.717) is 45.9 Å². The normalized spacial score (nSPS) is 17.8. The number of aromatic nitrogens is 2. The fraction of sp³-hybridized carbons (Fsp3) is 0.320. The number of hydrogen-bond acceptors (Lipinski definition) is 10. The summed E-state index contributed by atoms with van der Waals surface area (Å²) in [6.45, 7) is 5.80. The van der Waals surface area contributed by atoms with Crippen molar-refractivity contribution in [3.8, 4) is 27.8 Å². The van der Waals surface area contributed by atoms with Crippen LogP contribution in [-0.4, -0.2) is 57.9 Å². The van der Waals surface area contributed by atoms with Gasteiger partial charge in [0, 0.05) is 24.3 Å². The number of rotatable bonds is 5. The lowest BCUT2D eigenvalue weighted by molar-refractivity contribution is -0.162. The lowest BCUT2D eigenvalue weighted by Gasteiger charge is -2.45. The fourth-order valence-electron chi connectivity index (χ4n) is 4.17. The van der Waals surface area contributed by atoms with E-state index in [-0.39, 0.29) is 0 Å². The molecule has 192 valence electrons. The number of ether oxygens (including phenoxy) is 1. The molecule has 2 aromatic heterocycles. The smallest absolute Gasteiger partial charge is 0.398 e. The number of nitrogens with one attached hydrogen (secondary N) is 1. The lowest BCUT2D eigenvalue weighted by atomic mass is 9.95. The zero-order valence-corrected chi connectivity index (χ0v) is 21.9. The Bertz CT molecular complexity index is 1380. The predicted molar refractivity (Wildman–Crippen MR) is 140 cm³/mol. The first-order chi connectivity index (χ1) is 17.5. The van der Waals surface area contributed by atoms with Crippen molar-refractivity contribution in [2.45, 2.75) is 38.6 Å². The number of halogens is 1. The highest BCUT2D eigenvalue weighted by atomic mass is 35.5. The third kappa shape index (κ3) is 5.73. The number of piperazine rings is 1. The third-order valence-corrected chi connectivity index (χ3v) is 7.15. The van der Waals surface area contributed by atoms with Gasteiger partial charge < -0.3 is 25.8 Å². The molecule has 3 aromatic rings. The molecule has 2 atom stereocenters. The summed E-state index contributed by atoms with van der Waals surface area (Å²) in [6.07, 6.45) is -1.08. The standard InChI is InChI=1S/C25H25ClN6O4S/c1-13-9-16(11-17(26)30-13)19-18(15-6-4-5-14(10-15)12-27)31-24(37-19)32-8-7-29-20(25(2,3)35)22(32)36-23(34)21(28)33/h4-6,9-11,20,22,29,35H,7-8H2,1-3H3,(H2,28,33). The van der Waals surface area contributed by atoms with Crippen LogP contribution in [0, 0.1) is 18.3 Å². The number of aryl methyl sites for hydroxylation is 1. The number of esters is 1. The summed E-state index contributed by atoms with van der Waals surface area (Å²) >= 11 is 7.59. The Balaban J connectivity index is 1.88. The number of thiazole rings is 1. The van der Waals surface area contributed by atoms with Crippen LogP contribution in [0.5, 0.6) is 0 Å². The minimum Gasteiger partial charge on any atom is -0.433 e. The molecule has 1 fully saturated rings. The summed E-state index contributed by atoms with van der Waals surface area (Å²) in [5.41, 5.74) is 7.10. The van der Waals surface area contributed by atoms with Crippen molar-refractivity contribution in [2.75, 3.05) is 18.0 Å². The van der Waals surface area contributed by atoms with Crippen LogP contribution in [0.3, 0.4) is 0 Å². The van der Waals surface area contributed by atoms with Crippen molar-refractivity contribution in [3.63, 3.8) is 0 Å². The molecule has 1 aliphatic heterocycles. The van der Waals surface area contributed by atoms with Crippen molar-refractivity contribution >= 4 is 39.9 Å². The van der Waals surface area contributed by atoms with Gasteiger partial charge >= 0.3 is 11.9 Å². The number of carbonyl (C=O) groups is 2. The van der Waals surface area contributed by atoms with E-state index in [4.69, 9.17) is 27.1 Å². The molecule has 10 nitrogen and oxygen atoms in total. The van der Waals surface area contributed by atoms with Gasteiger partial charge in [-0.25, -0.2) is 14.8 Å². The highest BCUT2D eigenvalue weighted by molar-refractivity contribution is 7.19. The summed E-state index contributed by atoms with van der Waals surface area (Å²) in [7, 11) is 0. The second kappa shape index (κ2) is 10.4. The van der Waals surface area contributed by atoms with E-state index < -0.39 is 29.7 Å². The molecule has 2 unspecified atom stereocenters. The van der Waals surface area contributed by atoms with E-state index >= 15 is 0 Å². The van der Waals surface area contributed by atoms with E-state index in [1.807, 2.05) is 19.1 Å². The second-order valence-corrected chi connectivity index (χ2v) is 10.5. The molecule has 3 heterocycles. The van der Waals surface area contributed by atoms with E-state index in [0.717, 1.165) is 10.4 Å². The number of primary amides is 1. The zero-order chi connectivity index (χ0) is 26.9. The zero-order valence-electron chi connectivity index (χ0n) is 20.4. The molecule has 4 N–H and O–H groups in total. The number of carbonyl (C=O) groups excluding carboxylic acids is 2. The van der Waals surface area contributed by atoms with Crippen LogP contribution in [0.4, 0.5) is 5.13 Å². The highest BCUT2D eigenvalue weighted by Crippen LogP contribution is 2.42. The summed E-state index contributed by atoms with van der Waals surface area (Å²) in [4.78, 5) is 35.3. The summed E-state index contributed by atoms with van der Waals surface area (Å²) < 4.78 is 5.48. The molecule has 4 rings (SSSR count). The lowest BCUT2D eigenvalue weighted by Crippen LogP contribution is -2.67. The first-order valence-electron chi connectivity index (χ1n) is 11.4. The number of amides is 1. The third-order valence-electron chi connectivity index (χ3n) is 5.81. The minimum absolute atomic E-state index is 0.319. The Morgan fingerprint density at radius 3 is 2.70 bits per heavy atom. The topological polar surface area (TPSA) is 154 Å². The van der Waals surface area contributed by atoms with Crippen molar-refractivity contribution in [3.05, 3.63) is 52.8 Å². The Kier molecular flexibility index (Phi) is 7.47. The highest BCUT2D eigenvalue weighted by Gasteiger charge is 2.44. The second-order valence-electron chi connectivity index (χ2n) is 9.13. The van der Waals surface area contributed by atoms with Gasteiger partial charge in [-0.3, -0.25) is 4.79 Å². The molecule has 0 saturated carbocycles. The Hall–Kier alpha value is -3.56. The Labute approximate surface area is 222 Å². The predicted octanol–water partition coefficient (Wildman–Crippen LogP) is 2.61. The molecule has 37 heavy (non-hydrogen) atoms. The van der Waals surface area contributed by atoms with Crippen LogP contribution >= 0.6 is 22.9 Å². The number of nitrogens with two attached hydrogens (primary N) is 1. The van der Waals surface area contributed by atoms with Crippen LogP contribution in [0.1, 0.15) is 25.1 Å². The van der Waals surface area contributed by atoms with Crippen LogP contribution in [0.2, 0.25) is 5.15 Å². The molecular formula is C25H25ClN6O4S. The van der Waals surface area contributed by atoms with Crippen molar-refractivity contribution in [1.82, 2.24) is 15.3 Å². The number of aliphatic hydroxyl groups is 1. The van der Waals surface area contributed by atoms with Gasteiger partial charge in [-0.1, -0.05) is 35.1 Å². The van der Waals surface area contributed by atoms with E-state index in [1.165, 1.54) is 11.3 Å². The summed E-state index contributed by atoms with van der Waals surface area (Å²) in [6, 6.07) is 12.1. The Morgan fingerprint density at radius 1 is 1.30 bits per heavy atom. The van der Waals surface area contributed by atoms with Crippen molar-refractivity contribution in [2.24, 2.45) is 5.73 Å². The number of nitrogens with zero attached hydrogens (tertiary/aromatic N) is 4. The quantitative estimate of drug-likeness (QED) is 0.251. The number of pyridine rings is 1. The van der Waals surface area contributed by atoms with Crippen LogP contribution in [-0.2, 0) is 14.3 Å². The van der Waals surface area contributed by atoms with Gasteiger partial charge in [0.05, 0.1) is 33.8 Å². The van der Waals surface area contributed by atoms with Crippen molar-refractivity contribution in [1.29, 1.82) is 5.26 Å². The summed E-state index contributed by atoms with van der Waals surface area (Å²) in [5.74, 6) is -2.46. The van der Waals surface area contributed by atoms with Gasteiger partial charge in [0.1, 0.15) is 5.15 Å². The number of benzene rings is 1. The first-order valence-corrected chi connectivity index (χ1v) is 12.6. The average molecular weight is 541 g/mol. The molecule has 1 amide bonds. The van der Waals surface area contributed by atoms with Gasteiger partial charge in [-0.05, 0) is 50.6 Å². The molecule has 0 bridgehead atoms. The van der Waals surface area contributed by atoms with E-state index in [9.17, 15) is 20.0 Å². The maximum Gasteiger partial charge on any atom is 0.398 e. The largest absolute Gasteiger partial charge is 0.433 e. The molecule has 12 heteroatoms. The molecular weight excluding hydrogens is 516 g/mol. The Morgan fingerprint density at radius 2 is 2.05 bits per heavy atom. The fourth-order valence-corrected chi connectivity index (χ4v) is 5.55. The molecule has 1 aromatic carbocycles. The number of nitriles is 1. The van der Waals surface area contributed by atoms with Crippen LogP contribution in [0.25, 0.3) is 21.7 Å². The molecule has 0 aliphatic carbocycles. The number of anilines is 1. The monoisotopic (exact) mass is 540 g/mol. The van der Waals surface area contributed by atoms with Crippen LogP contribution < -0.4 is 16.0 Å². The van der Waals surface area contributed by atoms with Gasteiger partial charge in [-0.15, -0.1) is 0 Å². The van der Waals surface area contributed by atoms with Gasteiger partial charge in [0.25, 0.3) is 0 Å². The van der Waals surface area contributed by atoms with E-state index in [2.05, 4.69) is 16.4 Å². The van der Waals surface area contributed by atoms with Gasteiger partial charge in [-0.2, -0.15) is 5.26 Å². The maximum atomic E-state index is 12.2. The molecule has 1 aliphatic rings. The molecule has 0 radical (unpaired) electrons. The van der Waals surface area contributed by atoms with Crippen LogP contribution in [0.15, 0.2) is 36.4 Å². The maximum absolute atomic E-state index is 12.2. The van der Waals surface area contributed by atoms with Crippen molar-refractivity contribution < 1.29 is 19.4 Å². The minimum atomic E-state index is -1.32. The molecule has 1 saturated heterocycles. The van der Waals surface area contributed by atoms with Gasteiger partial charge in [0.15, 0.2) is 11.4 Å². The first kappa shape index (κ1) is 26.5. The van der Waals surface area contributed by atoms with Gasteiger partial charge in [0.2, 0.25) is 0 Å². The SMILES string of the molecule is Cc1cc(-c2sc(N3CCNC(C(C)(C)O)C3OC(=O)C(N)=O)nc2-c2cccc(C#N)c2)cc(Cl)n1. The molecule has 0 spiro atoms. The summed E-state index contributed by atoms with van der Waals surface area (Å²) in [5, 5.41) is 24.2.